The topological polar surface area (TPSA) is 78.4 Å². The summed E-state index contributed by atoms with van der Waals surface area (Å²) in [4.78, 5) is 10.2. The molecule has 2 N–H and O–H groups in total. The average Bonchev–Trinajstić information content (AvgIpc) is 2.27. The number of nitrogens with zero attached hydrogens (tertiary/aromatic N) is 1. The number of benzene rings is 1. The van der Waals surface area contributed by atoms with Gasteiger partial charge in [-0.25, -0.2) is 0 Å². The van der Waals surface area contributed by atoms with Gasteiger partial charge < -0.3 is 10.5 Å². The highest BCUT2D eigenvalue weighted by Crippen LogP contribution is 2.27. The third-order valence-electron chi connectivity index (χ3n) is 2.84. The van der Waals surface area contributed by atoms with Gasteiger partial charge in [-0.3, -0.25) is 10.1 Å². The van der Waals surface area contributed by atoms with E-state index in [1.807, 2.05) is 20.8 Å². The molecule has 5 nitrogen and oxygen atoms in total. The normalized spacial score (nSPS) is 11.5. The van der Waals surface area contributed by atoms with E-state index in [9.17, 15) is 10.1 Å². The van der Waals surface area contributed by atoms with E-state index >= 15 is 0 Å². The largest absolute Gasteiger partial charge is 0.393 e. The highest BCUT2D eigenvalue weighted by atomic mass is 16.6. The zero-order chi connectivity index (χ0) is 13.1. The minimum absolute atomic E-state index is 0.0691. The Balaban J connectivity index is 2.86. The summed E-state index contributed by atoms with van der Waals surface area (Å²) in [5, 5.41) is 10.7. The molecule has 5 heteroatoms. The zero-order valence-electron chi connectivity index (χ0n) is 10.4. The van der Waals surface area contributed by atoms with E-state index in [4.69, 9.17) is 10.5 Å². The summed E-state index contributed by atoms with van der Waals surface area (Å²) in [5.41, 5.74) is 6.25. The summed E-state index contributed by atoms with van der Waals surface area (Å²) in [6, 6.07) is 4.75. The molecule has 17 heavy (non-hydrogen) atoms. The number of para-hydroxylation sites is 1. The molecule has 0 atom stereocenters. The molecule has 0 aliphatic heterocycles. The zero-order valence-corrected chi connectivity index (χ0v) is 10.4. The summed E-state index contributed by atoms with van der Waals surface area (Å²) >= 11 is 0. The lowest BCUT2D eigenvalue weighted by Gasteiger charge is -2.23. The predicted octanol–water partition coefficient (Wildman–Crippen LogP) is 2.88. The molecular weight excluding hydrogens is 220 g/mol. The first-order valence-electron chi connectivity index (χ1n) is 5.53. The van der Waals surface area contributed by atoms with Crippen molar-refractivity contribution in [3.63, 3.8) is 0 Å². The van der Waals surface area contributed by atoms with Gasteiger partial charge in [-0.2, -0.15) is 0 Å². The van der Waals surface area contributed by atoms with Crippen molar-refractivity contribution in [3.8, 4) is 0 Å². The highest BCUT2D eigenvalue weighted by molar-refractivity contribution is 5.62. The lowest BCUT2D eigenvalue weighted by atomic mass is 10.1. The van der Waals surface area contributed by atoms with Crippen LogP contribution in [0.15, 0.2) is 18.2 Å². The number of nitrogens with two attached hydrogens (primary N) is 1. The SMILES string of the molecule is CCC(C)(C)OCc1cccc([N+](=O)[O-])c1N. The molecule has 94 valence electrons. The van der Waals surface area contributed by atoms with E-state index < -0.39 is 4.92 Å². The molecule has 0 saturated carbocycles. The fourth-order valence-electron chi connectivity index (χ4n) is 1.26. The second-order valence-electron chi connectivity index (χ2n) is 4.51. The van der Waals surface area contributed by atoms with Gasteiger partial charge >= 0.3 is 0 Å². The molecule has 0 spiro atoms. The Morgan fingerprint density at radius 3 is 2.65 bits per heavy atom. The molecule has 1 aromatic rings. The lowest BCUT2D eigenvalue weighted by Crippen LogP contribution is -2.23. The summed E-state index contributed by atoms with van der Waals surface area (Å²) in [5.74, 6) is 0. The van der Waals surface area contributed by atoms with E-state index in [0.717, 1.165) is 6.42 Å². The summed E-state index contributed by atoms with van der Waals surface area (Å²) in [6.07, 6.45) is 0.863. The first-order valence-corrected chi connectivity index (χ1v) is 5.53. The molecule has 0 aliphatic carbocycles. The first kappa shape index (κ1) is 13.4. The summed E-state index contributed by atoms with van der Waals surface area (Å²) < 4.78 is 5.68. The molecule has 0 unspecified atom stereocenters. The van der Waals surface area contributed by atoms with Gasteiger partial charge in [0.05, 0.1) is 17.1 Å². The Morgan fingerprint density at radius 2 is 2.12 bits per heavy atom. The van der Waals surface area contributed by atoms with Crippen LogP contribution in [0, 0.1) is 10.1 Å². The van der Waals surface area contributed by atoms with Gasteiger partial charge in [-0.15, -0.1) is 0 Å². The van der Waals surface area contributed by atoms with Crippen molar-refractivity contribution in [2.24, 2.45) is 0 Å². The van der Waals surface area contributed by atoms with Crippen molar-refractivity contribution in [2.45, 2.75) is 39.4 Å². The number of hydrogen-bond donors (Lipinski definition) is 1. The smallest absolute Gasteiger partial charge is 0.292 e. The molecule has 0 bridgehead atoms. The van der Waals surface area contributed by atoms with Gasteiger partial charge in [0, 0.05) is 11.6 Å². The van der Waals surface area contributed by atoms with Crippen LogP contribution in [0.25, 0.3) is 0 Å². The van der Waals surface area contributed by atoms with Crippen LogP contribution in [0.2, 0.25) is 0 Å². The standard InChI is InChI=1S/C12H18N2O3/c1-4-12(2,3)17-8-9-6-5-7-10(11(9)13)14(15)16/h5-7H,4,8,13H2,1-3H3. The molecular formula is C12H18N2O3. The Hall–Kier alpha value is -1.62. The van der Waals surface area contributed by atoms with Crippen LogP contribution in [0.4, 0.5) is 11.4 Å². The summed E-state index contributed by atoms with van der Waals surface area (Å²) in [7, 11) is 0. The Labute approximate surface area is 101 Å². The minimum Gasteiger partial charge on any atom is -0.393 e. The van der Waals surface area contributed by atoms with Gasteiger partial charge in [-0.1, -0.05) is 19.1 Å². The Bertz CT molecular complexity index is 416. The molecule has 0 saturated heterocycles. The van der Waals surface area contributed by atoms with Crippen molar-refractivity contribution in [1.29, 1.82) is 0 Å². The molecule has 0 amide bonds. The molecule has 0 aliphatic rings. The molecule has 0 radical (unpaired) electrons. The van der Waals surface area contributed by atoms with E-state index in [1.54, 1.807) is 12.1 Å². The van der Waals surface area contributed by atoms with Gasteiger partial charge in [0.15, 0.2) is 0 Å². The van der Waals surface area contributed by atoms with E-state index in [0.29, 0.717) is 5.56 Å². The Morgan fingerprint density at radius 1 is 1.47 bits per heavy atom. The summed E-state index contributed by atoms with van der Waals surface area (Å²) in [6.45, 7) is 6.26. The van der Waals surface area contributed by atoms with Gasteiger partial charge in [0.2, 0.25) is 0 Å². The quantitative estimate of drug-likeness (QED) is 0.486. The van der Waals surface area contributed by atoms with Crippen LogP contribution in [-0.4, -0.2) is 10.5 Å². The third kappa shape index (κ3) is 3.42. The fraction of sp³-hybridized carbons (Fsp3) is 0.500. The third-order valence-corrected chi connectivity index (χ3v) is 2.84. The van der Waals surface area contributed by atoms with Gasteiger partial charge in [-0.05, 0) is 20.3 Å². The first-order chi connectivity index (χ1) is 7.87. The highest BCUT2D eigenvalue weighted by Gasteiger charge is 2.18. The van der Waals surface area contributed by atoms with E-state index in [2.05, 4.69) is 0 Å². The van der Waals surface area contributed by atoms with Crippen LogP contribution < -0.4 is 5.73 Å². The van der Waals surface area contributed by atoms with Crippen molar-refractivity contribution in [2.75, 3.05) is 5.73 Å². The lowest BCUT2D eigenvalue weighted by molar-refractivity contribution is -0.384. The van der Waals surface area contributed by atoms with Gasteiger partial charge in [0.25, 0.3) is 5.69 Å². The van der Waals surface area contributed by atoms with Gasteiger partial charge in [0.1, 0.15) is 5.69 Å². The van der Waals surface area contributed by atoms with Crippen molar-refractivity contribution in [1.82, 2.24) is 0 Å². The maximum atomic E-state index is 10.7. The number of nitrogen functional groups attached to an aromatic ring is 1. The predicted molar refractivity (Wildman–Crippen MR) is 66.7 cm³/mol. The maximum absolute atomic E-state index is 10.7. The average molecular weight is 238 g/mol. The van der Waals surface area contributed by atoms with Crippen molar-refractivity contribution >= 4 is 11.4 Å². The van der Waals surface area contributed by atoms with Crippen molar-refractivity contribution in [3.05, 3.63) is 33.9 Å². The molecule has 1 rings (SSSR count). The van der Waals surface area contributed by atoms with Crippen LogP contribution >= 0.6 is 0 Å². The second kappa shape index (κ2) is 5.14. The molecule has 0 fully saturated rings. The van der Waals surface area contributed by atoms with Crippen LogP contribution in [0.1, 0.15) is 32.8 Å². The number of anilines is 1. The fourth-order valence-corrected chi connectivity index (χ4v) is 1.26. The van der Waals surface area contributed by atoms with Crippen LogP contribution in [-0.2, 0) is 11.3 Å². The van der Waals surface area contributed by atoms with Crippen molar-refractivity contribution < 1.29 is 9.66 Å². The Kier molecular flexibility index (Phi) is 4.07. The van der Waals surface area contributed by atoms with E-state index in [1.165, 1.54) is 6.07 Å². The number of hydrogen-bond acceptors (Lipinski definition) is 4. The number of nitro benzene ring substituents is 1. The second-order valence-corrected chi connectivity index (χ2v) is 4.51. The monoisotopic (exact) mass is 238 g/mol. The molecule has 0 heterocycles. The number of rotatable bonds is 5. The maximum Gasteiger partial charge on any atom is 0.292 e. The van der Waals surface area contributed by atoms with Crippen LogP contribution in [0.3, 0.4) is 0 Å². The molecule has 0 aromatic heterocycles. The minimum atomic E-state index is -0.482. The number of ether oxygens (including phenoxy) is 1. The van der Waals surface area contributed by atoms with E-state index in [-0.39, 0.29) is 23.6 Å². The molecule has 1 aromatic carbocycles. The van der Waals surface area contributed by atoms with Crippen LogP contribution in [0.5, 0.6) is 0 Å². The number of nitro groups is 1.